The van der Waals surface area contributed by atoms with Crippen LogP contribution in [0.2, 0.25) is 0 Å². The summed E-state index contributed by atoms with van der Waals surface area (Å²) in [5.41, 5.74) is 6.20. The normalized spacial score (nSPS) is 14.9. The van der Waals surface area contributed by atoms with E-state index in [1.807, 2.05) is 52.9 Å². The number of benzene rings is 1. The van der Waals surface area contributed by atoms with Crippen LogP contribution in [0.5, 0.6) is 0 Å². The first-order valence-electron chi connectivity index (χ1n) is 8.98. The van der Waals surface area contributed by atoms with Crippen LogP contribution in [0.1, 0.15) is 35.5 Å². The number of carbonyl (C=O) groups is 1. The Kier molecular flexibility index (Phi) is 4.20. The lowest BCUT2D eigenvalue weighted by Crippen LogP contribution is -2.35. The summed E-state index contributed by atoms with van der Waals surface area (Å²) in [6.07, 6.45) is 2.42. The second kappa shape index (κ2) is 6.53. The second-order valence-corrected chi connectivity index (χ2v) is 6.88. The van der Waals surface area contributed by atoms with Crippen LogP contribution < -0.4 is 10.2 Å². The summed E-state index contributed by atoms with van der Waals surface area (Å²) < 4.78 is 1.89. The smallest absolute Gasteiger partial charge is 0.231 e. The zero-order chi connectivity index (χ0) is 18.3. The molecule has 6 heteroatoms. The molecule has 0 saturated heterocycles. The highest BCUT2D eigenvalue weighted by atomic mass is 16.2. The van der Waals surface area contributed by atoms with Gasteiger partial charge in [-0.25, -0.2) is 9.50 Å². The molecule has 3 aromatic rings. The minimum absolute atomic E-state index is 0.129. The van der Waals surface area contributed by atoms with Gasteiger partial charge in [-0.3, -0.25) is 4.79 Å². The summed E-state index contributed by atoms with van der Waals surface area (Å²) in [7, 11) is 0. The van der Waals surface area contributed by atoms with Gasteiger partial charge in [0.15, 0.2) is 5.65 Å². The van der Waals surface area contributed by atoms with Crippen molar-refractivity contribution in [2.75, 3.05) is 18.0 Å². The number of nitrogens with one attached hydrogen (secondary N) is 1. The number of fused-ring (bicyclic) bond motifs is 2. The Bertz CT molecular complexity index is 977. The van der Waals surface area contributed by atoms with Crippen molar-refractivity contribution in [3.8, 4) is 0 Å². The predicted octanol–water partition coefficient (Wildman–Crippen LogP) is 2.59. The van der Waals surface area contributed by atoms with Crippen molar-refractivity contribution in [1.29, 1.82) is 0 Å². The second-order valence-electron chi connectivity index (χ2n) is 6.88. The topological polar surface area (TPSA) is 62.5 Å². The van der Waals surface area contributed by atoms with Crippen LogP contribution >= 0.6 is 0 Å². The molecule has 26 heavy (non-hydrogen) atoms. The van der Waals surface area contributed by atoms with Crippen molar-refractivity contribution in [1.82, 2.24) is 19.9 Å². The highest BCUT2D eigenvalue weighted by molar-refractivity contribution is 6.01. The van der Waals surface area contributed by atoms with E-state index >= 15 is 0 Å². The fraction of sp³-hybridized carbons (Fsp3) is 0.350. The third-order valence-corrected chi connectivity index (χ3v) is 5.06. The van der Waals surface area contributed by atoms with E-state index in [4.69, 9.17) is 0 Å². The SMILES string of the molecule is Cc1cc2ncc(C(C)NCCN3C(=O)Cc4ccccc43)c(C)n2n1. The summed E-state index contributed by atoms with van der Waals surface area (Å²) >= 11 is 0. The molecule has 1 unspecified atom stereocenters. The quantitative estimate of drug-likeness (QED) is 0.769. The van der Waals surface area contributed by atoms with Gasteiger partial charge in [0.2, 0.25) is 5.91 Å². The Balaban J connectivity index is 1.44. The first-order chi connectivity index (χ1) is 12.5. The average molecular weight is 349 g/mol. The molecule has 3 heterocycles. The summed E-state index contributed by atoms with van der Waals surface area (Å²) in [6, 6.07) is 10.1. The van der Waals surface area contributed by atoms with E-state index in [1.54, 1.807) is 0 Å². The molecular weight excluding hydrogens is 326 g/mol. The molecule has 134 valence electrons. The number of para-hydroxylation sites is 1. The molecule has 6 nitrogen and oxygen atoms in total. The van der Waals surface area contributed by atoms with Crippen LogP contribution in [-0.2, 0) is 11.2 Å². The van der Waals surface area contributed by atoms with E-state index in [-0.39, 0.29) is 11.9 Å². The van der Waals surface area contributed by atoms with E-state index in [9.17, 15) is 4.79 Å². The van der Waals surface area contributed by atoms with Crippen LogP contribution in [0.4, 0.5) is 5.69 Å². The average Bonchev–Trinajstić information content (AvgIpc) is 3.15. The third kappa shape index (κ3) is 2.86. The lowest BCUT2D eigenvalue weighted by molar-refractivity contribution is -0.117. The minimum Gasteiger partial charge on any atom is -0.311 e. The molecule has 1 atom stereocenters. The molecule has 0 saturated carbocycles. The third-order valence-electron chi connectivity index (χ3n) is 5.06. The number of hydrogen-bond donors (Lipinski definition) is 1. The maximum absolute atomic E-state index is 12.3. The van der Waals surface area contributed by atoms with Gasteiger partial charge in [0.25, 0.3) is 0 Å². The van der Waals surface area contributed by atoms with E-state index in [1.165, 1.54) is 0 Å². The van der Waals surface area contributed by atoms with Gasteiger partial charge in [-0.1, -0.05) is 18.2 Å². The minimum atomic E-state index is 0.129. The summed E-state index contributed by atoms with van der Waals surface area (Å²) in [5.74, 6) is 0.173. The Labute approximate surface area is 152 Å². The summed E-state index contributed by atoms with van der Waals surface area (Å²) in [5, 5.41) is 8.02. The fourth-order valence-electron chi connectivity index (χ4n) is 3.67. The van der Waals surface area contributed by atoms with Gasteiger partial charge in [-0.2, -0.15) is 5.10 Å². The molecule has 0 bridgehead atoms. The van der Waals surface area contributed by atoms with Gasteiger partial charge in [0.1, 0.15) is 0 Å². The van der Waals surface area contributed by atoms with Gasteiger partial charge >= 0.3 is 0 Å². The van der Waals surface area contributed by atoms with Crippen LogP contribution in [-0.4, -0.2) is 33.6 Å². The predicted molar refractivity (Wildman–Crippen MR) is 101 cm³/mol. The van der Waals surface area contributed by atoms with E-state index in [0.717, 1.165) is 40.4 Å². The van der Waals surface area contributed by atoms with Gasteiger partial charge < -0.3 is 10.2 Å². The largest absolute Gasteiger partial charge is 0.311 e. The zero-order valence-electron chi connectivity index (χ0n) is 15.4. The maximum Gasteiger partial charge on any atom is 0.231 e. The molecule has 0 radical (unpaired) electrons. The Morgan fingerprint density at radius 2 is 2.08 bits per heavy atom. The molecule has 1 aliphatic rings. The van der Waals surface area contributed by atoms with E-state index in [2.05, 4.69) is 29.2 Å². The van der Waals surface area contributed by atoms with Crippen molar-refractivity contribution in [2.45, 2.75) is 33.2 Å². The molecule has 0 fully saturated rings. The van der Waals surface area contributed by atoms with Crippen LogP contribution in [0.15, 0.2) is 36.5 Å². The van der Waals surface area contributed by atoms with E-state index < -0.39 is 0 Å². The number of amides is 1. The monoisotopic (exact) mass is 349 g/mol. The van der Waals surface area contributed by atoms with Gasteiger partial charge in [-0.05, 0) is 32.4 Å². The number of rotatable bonds is 5. The molecule has 1 amide bonds. The molecule has 1 aromatic carbocycles. The Morgan fingerprint density at radius 1 is 1.27 bits per heavy atom. The Hall–Kier alpha value is -2.73. The molecule has 0 aliphatic carbocycles. The first-order valence-corrected chi connectivity index (χ1v) is 8.98. The number of aromatic nitrogens is 3. The number of aryl methyl sites for hydroxylation is 2. The number of anilines is 1. The maximum atomic E-state index is 12.3. The first kappa shape index (κ1) is 16.7. The van der Waals surface area contributed by atoms with Gasteiger partial charge in [0.05, 0.1) is 12.1 Å². The molecular formula is C20H23N5O. The van der Waals surface area contributed by atoms with E-state index in [0.29, 0.717) is 13.0 Å². The standard InChI is InChI=1S/C20H23N5O/c1-13-10-19-22-12-17(15(3)25(19)23-13)14(2)21-8-9-24-18-7-5-4-6-16(18)11-20(24)26/h4-7,10,12,14,21H,8-9,11H2,1-3H3. The molecule has 1 aliphatic heterocycles. The van der Waals surface area contributed by atoms with Crippen molar-refractivity contribution in [2.24, 2.45) is 0 Å². The Morgan fingerprint density at radius 3 is 2.92 bits per heavy atom. The summed E-state index contributed by atoms with van der Waals surface area (Å²) in [6.45, 7) is 7.54. The van der Waals surface area contributed by atoms with Crippen molar-refractivity contribution < 1.29 is 4.79 Å². The van der Waals surface area contributed by atoms with Gasteiger partial charge in [-0.15, -0.1) is 0 Å². The summed E-state index contributed by atoms with van der Waals surface area (Å²) in [4.78, 5) is 18.6. The molecule has 4 rings (SSSR count). The van der Waals surface area contributed by atoms with Crippen LogP contribution in [0, 0.1) is 13.8 Å². The highest BCUT2D eigenvalue weighted by Gasteiger charge is 2.26. The van der Waals surface area contributed by atoms with Crippen molar-refractivity contribution in [3.63, 3.8) is 0 Å². The van der Waals surface area contributed by atoms with Gasteiger partial charge in [0, 0.05) is 48.3 Å². The van der Waals surface area contributed by atoms with Crippen molar-refractivity contribution >= 4 is 17.2 Å². The number of nitrogens with zero attached hydrogens (tertiary/aromatic N) is 4. The fourth-order valence-corrected chi connectivity index (χ4v) is 3.67. The van der Waals surface area contributed by atoms with Crippen molar-refractivity contribution in [3.05, 3.63) is 59.0 Å². The number of hydrogen-bond acceptors (Lipinski definition) is 4. The lowest BCUT2D eigenvalue weighted by atomic mass is 10.1. The molecule has 2 aromatic heterocycles. The highest BCUT2D eigenvalue weighted by Crippen LogP contribution is 2.28. The molecule has 0 spiro atoms. The number of carbonyl (C=O) groups excluding carboxylic acids is 1. The zero-order valence-corrected chi connectivity index (χ0v) is 15.4. The molecule has 1 N–H and O–H groups in total. The van der Waals surface area contributed by atoms with Crippen LogP contribution in [0.25, 0.3) is 5.65 Å². The van der Waals surface area contributed by atoms with Crippen LogP contribution in [0.3, 0.4) is 0 Å². The lowest BCUT2D eigenvalue weighted by Gasteiger charge is -2.21.